The molecule has 0 saturated heterocycles. The fourth-order valence-corrected chi connectivity index (χ4v) is 1.15. The van der Waals surface area contributed by atoms with Crippen LogP contribution in [0.4, 0.5) is 5.69 Å². The molecule has 1 aromatic carbocycles. The summed E-state index contributed by atoms with van der Waals surface area (Å²) in [5, 5.41) is 13.6. The van der Waals surface area contributed by atoms with Crippen LogP contribution in [0.15, 0.2) is 34.2 Å². The third kappa shape index (κ3) is 3.65. The predicted octanol–water partition coefficient (Wildman–Crippen LogP) is 2.85. The van der Waals surface area contributed by atoms with Crippen molar-refractivity contribution in [2.24, 2.45) is 4.99 Å². The SMILES string of the molecule is OOOSc1ccc(N=C=S)cc1. The first-order valence-electron chi connectivity index (χ1n) is 3.19. The first-order valence-corrected chi connectivity index (χ1v) is 4.34. The van der Waals surface area contributed by atoms with Crippen molar-refractivity contribution in [1.29, 1.82) is 0 Å². The van der Waals surface area contributed by atoms with Gasteiger partial charge in [0.25, 0.3) is 0 Å². The molecule has 0 saturated carbocycles. The van der Waals surface area contributed by atoms with Gasteiger partial charge in [-0.1, -0.05) is 5.04 Å². The lowest BCUT2D eigenvalue weighted by molar-refractivity contribution is -0.432. The van der Waals surface area contributed by atoms with Gasteiger partial charge in [0.1, 0.15) is 0 Å². The second kappa shape index (κ2) is 5.82. The Labute approximate surface area is 84.3 Å². The summed E-state index contributed by atoms with van der Waals surface area (Å²) >= 11 is 5.32. The smallest absolute Gasteiger partial charge is 0.0740 e. The fraction of sp³-hybridized carbons (Fsp3) is 0. The highest BCUT2D eigenvalue weighted by atomic mass is 32.2. The van der Waals surface area contributed by atoms with Crippen molar-refractivity contribution in [2.45, 2.75) is 4.90 Å². The van der Waals surface area contributed by atoms with E-state index < -0.39 is 0 Å². The number of isothiocyanates is 1. The first-order chi connectivity index (χ1) is 6.36. The molecule has 1 rings (SSSR count). The molecule has 0 unspecified atom stereocenters. The van der Waals surface area contributed by atoms with Crippen molar-refractivity contribution in [3.8, 4) is 0 Å². The molecule has 0 aromatic heterocycles. The van der Waals surface area contributed by atoms with E-state index in [4.69, 9.17) is 5.26 Å². The molecule has 0 fully saturated rings. The maximum absolute atomic E-state index is 7.88. The van der Waals surface area contributed by atoms with Crippen LogP contribution < -0.4 is 0 Å². The van der Waals surface area contributed by atoms with Gasteiger partial charge < -0.3 is 0 Å². The molecule has 6 heteroatoms. The third-order valence-electron chi connectivity index (χ3n) is 1.17. The van der Waals surface area contributed by atoms with Crippen LogP contribution in [0.5, 0.6) is 0 Å². The largest absolute Gasteiger partial charge is 0.220 e. The molecule has 0 spiro atoms. The lowest BCUT2D eigenvalue weighted by Gasteiger charge is -1.96. The van der Waals surface area contributed by atoms with Gasteiger partial charge in [-0.15, -0.1) is 4.33 Å². The van der Waals surface area contributed by atoms with E-state index in [9.17, 15) is 0 Å². The van der Waals surface area contributed by atoms with Crippen molar-refractivity contribution in [3.63, 3.8) is 0 Å². The molecule has 0 bridgehead atoms. The monoisotopic (exact) mass is 215 g/mol. The Morgan fingerprint density at radius 3 is 2.62 bits per heavy atom. The molecule has 68 valence electrons. The van der Waals surface area contributed by atoms with Crippen LogP contribution in [0.3, 0.4) is 0 Å². The molecule has 1 N–H and O–H groups in total. The molecule has 0 aliphatic rings. The lowest BCUT2D eigenvalue weighted by Crippen LogP contribution is -1.77. The van der Waals surface area contributed by atoms with Crippen molar-refractivity contribution in [3.05, 3.63) is 24.3 Å². The number of benzene rings is 1. The second-order valence-corrected chi connectivity index (χ2v) is 2.88. The lowest BCUT2D eigenvalue weighted by atomic mass is 10.3. The fourth-order valence-electron chi connectivity index (χ4n) is 0.683. The molecule has 0 atom stereocenters. The van der Waals surface area contributed by atoms with Crippen molar-refractivity contribution in [1.82, 2.24) is 0 Å². The zero-order chi connectivity index (χ0) is 9.52. The summed E-state index contributed by atoms with van der Waals surface area (Å²) in [6, 6.07) is 6.97. The van der Waals surface area contributed by atoms with Crippen molar-refractivity contribution >= 4 is 35.1 Å². The summed E-state index contributed by atoms with van der Waals surface area (Å²) in [6.07, 6.45) is 0. The highest BCUT2D eigenvalue weighted by molar-refractivity contribution is 7.94. The minimum absolute atomic E-state index is 0.712. The number of rotatable bonds is 4. The van der Waals surface area contributed by atoms with Gasteiger partial charge in [-0.05, 0) is 36.5 Å². The van der Waals surface area contributed by atoms with Crippen LogP contribution in [0, 0.1) is 0 Å². The molecule has 0 radical (unpaired) electrons. The van der Waals surface area contributed by atoms with E-state index >= 15 is 0 Å². The molecular formula is C7H5NO3S2. The Morgan fingerprint density at radius 2 is 2.08 bits per heavy atom. The van der Waals surface area contributed by atoms with Crippen LogP contribution in [0.25, 0.3) is 0 Å². The summed E-state index contributed by atoms with van der Waals surface area (Å²) in [7, 11) is 0. The van der Waals surface area contributed by atoms with Crippen LogP contribution in [0.1, 0.15) is 0 Å². The van der Waals surface area contributed by atoms with Gasteiger partial charge in [0.2, 0.25) is 0 Å². The average Bonchev–Trinajstić information content (AvgIpc) is 2.17. The van der Waals surface area contributed by atoms with Crippen LogP contribution in [-0.4, -0.2) is 10.4 Å². The summed E-state index contributed by atoms with van der Waals surface area (Å²) in [4.78, 5) is 4.54. The number of hydrogen-bond donors (Lipinski definition) is 1. The Bertz CT molecular complexity index is 308. The molecular weight excluding hydrogens is 210 g/mol. The zero-order valence-corrected chi connectivity index (χ0v) is 7.97. The van der Waals surface area contributed by atoms with Gasteiger partial charge in [0.15, 0.2) is 0 Å². The van der Waals surface area contributed by atoms with E-state index in [0.29, 0.717) is 5.69 Å². The first kappa shape index (κ1) is 10.3. The van der Waals surface area contributed by atoms with E-state index in [1.165, 1.54) is 0 Å². The number of nitrogens with zero attached hydrogens (tertiary/aromatic N) is 1. The summed E-state index contributed by atoms with van der Waals surface area (Å²) < 4.78 is 4.22. The molecule has 0 aliphatic carbocycles. The van der Waals surface area contributed by atoms with Crippen LogP contribution >= 0.6 is 24.3 Å². The Kier molecular flexibility index (Phi) is 4.63. The maximum Gasteiger partial charge on any atom is 0.0740 e. The third-order valence-corrected chi connectivity index (χ3v) is 1.86. The maximum atomic E-state index is 7.88. The summed E-state index contributed by atoms with van der Waals surface area (Å²) in [5.41, 5.74) is 0.712. The van der Waals surface area contributed by atoms with Crippen LogP contribution in [0.2, 0.25) is 0 Å². The van der Waals surface area contributed by atoms with Gasteiger partial charge in [-0.25, -0.2) is 5.26 Å². The Morgan fingerprint density at radius 1 is 1.38 bits per heavy atom. The number of aliphatic imine (C=N–C) groups is 1. The standard InChI is InChI=1S/C7H5NO3S2/c9-10-11-13-7-3-1-6(2-4-7)8-5-12/h1-4,9H. The zero-order valence-electron chi connectivity index (χ0n) is 6.34. The van der Waals surface area contributed by atoms with E-state index in [0.717, 1.165) is 16.9 Å². The van der Waals surface area contributed by atoms with Crippen molar-refractivity contribution < 1.29 is 14.6 Å². The average molecular weight is 215 g/mol. The predicted molar refractivity (Wildman–Crippen MR) is 51.8 cm³/mol. The quantitative estimate of drug-likeness (QED) is 0.275. The minimum Gasteiger partial charge on any atom is -0.220 e. The highest BCUT2D eigenvalue weighted by Crippen LogP contribution is 2.21. The topological polar surface area (TPSA) is 51.0 Å². The van der Waals surface area contributed by atoms with E-state index in [1.807, 2.05) is 0 Å². The minimum atomic E-state index is 0.712. The Balaban J connectivity index is 2.63. The molecule has 0 amide bonds. The number of hydrogen-bond acceptors (Lipinski definition) is 6. The van der Waals surface area contributed by atoms with Gasteiger partial charge >= 0.3 is 0 Å². The van der Waals surface area contributed by atoms with Crippen LogP contribution in [-0.2, 0) is 9.37 Å². The highest BCUT2D eigenvalue weighted by Gasteiger charge is 1.95. The molecule has 0 aliphatic heterocycles. The number of thiocarbonyl (C=S) groups is 1. The summed E-state index contributed by atoms with van der Waals surface area (Å²) in [6.45, 7) is 0. The van der Waals surface area contributed by atoms with Crippen molar-refractivity contribution in [2.75, 3.05) is 0 Å². The molecule has 4 nitrogen and oxygen atoms in total. The molecule has 13 heavy (non-hydrogen) atoms. The van der Waals surface area contributed by atoms with Gasteiger partial charge in [-0.3, -0.25) is 0 Å². The van der Waals surface area contributed by atoms with E-state index in [2.05, 4.69) is 31.7 Å². The van der Waals surface area contributed by atoms with Gasteiger partial charge in [0, 0.05) is 4.90 Å². The normalized spacial score (nSPS) is 9.31. The van der Waals surface area contributed by atoms with Gasteiger partial charge in [0.05, 0.1) is 22.9 Å². The van der Waals surface area contributed by atoms with E-state index in [1.54, 1.807) is 24.3 Å². The van der Waals surface area contributed by atoms with Gasteiger partial charge in [-0.2, -0.15) is 4.99 Å². The van der Waals surface area contributed by atoms with E-state index in [-0.39, 0.29) is 0 Å². The Hall–Kier alpha value is -0.750. The summed E-state index contributed by atoms with van der Waals surface area (Å²) in [5.74, 6) is 0. The second-order valence-electron chi connectivity index (χ2n) is 1.92. The molecule has 0 heterocycles. The molecule has 1 aromatic rings.